The van der Waals surface area contributed by atoms with Crippen LogP contribution >= 0.6 is 0 Å². The lowest BCUT2D eigenvalue weighted by molar-refractivity contribution is 0.106. The van der Waals surface area contributed by atoms with E-state index in [0.717, 1.165) is 30.9 Å². The Hall–Kier alpha value is -1.62. The van der Waals surface area contributed by atoms with E-state index < -0.39 is 0 Å². The van der Waals surface area contributed by atoms with E-state index in [9.17, 15) is 4.39 Å². The van der Waals surface area contributed by atoms with Gasteiger partial charge in [-0.1, -0.05) is 38.8 Å². The molecule has 0 fully saturated rings. The van der Waals surface area contributed by atoms with Gasteiger partial charge in [0.05, 0.1) is 6.10 Å². The standard InChI is InChI=1S/C17H28FN3O/c1-5-13(6-2)11-20-17(19-3)21-12-16(22-4)14-7-9-15(18)10-8-14/h7-10,13,16H,5-6,11-12H2,1-4H3,(H2,19,20,21). The molecule has 1 unspecified atom stereocenters. The zero-order valence-corrected chi connectivity index (χ0v) is 14.0. The summed E-state index contributed by atoms with van der Waals surface area (Å²) in [7, 11) is 3.40. The van der Waals surface area contributed by atoms with Crippen LogP contribution in [0.25, 0.3) is 0 Å². The van der Waals surface area contributed by atoms with Gasteiger partial charge in [0.2, 0.25) is 0 Å². The van der Waals surface area contributed by atoms with Crippen LogP contribution in [0.5, 0.6) is 0 Å². The van der Waals surface area contributed by atoms with Crippen LogP contribution in [0.1, 0.15) is 38.4 Å². The Morgan fingerprint density at radius 1 is 1.14 bits per heavy atom. The van der Waals surface area contributed by atoms with Crippen LogP contribution in [-0.2, 0) is 4.74 Å². The van der Waals surface area contributed by atoms with E-state index in [-0.39, 0.29) is 11.9 Å². The van der Waals surface area contributed by atoms with Crippen molar-refractivity contribution in [2.24, 2.45) is 10.9 Å². The van der Waals surface area contributed by atoms with Crippen molar-refractivity contribution in [1.82, 2.24) is 10.6 Å². The quantitative estimate of drug-likeness (QED) is 0.573. The van der Waals surface area contributed by atoms with Crippen LogP contribution in [0.2, 0.25) is 0 Å². The molecule has 0 saturated carbocycles. The van der Waals surface area contributed by atoms with Gasteiger partial charge in [-0.3, -0.25) is 4.99 Å². The molecule has 0 aliphatic carbocycles. The van der Waals surface area contributed by atoms with Crippen LogP contribution in [0.3, 0.4) is 0 Å². The lowest BCUT2D eigenvalue weighted by Gasteiger charge is -2.20. The molecule has 5 heteroatoms. The van der Waals surface area contributed by atoms with E-state index in [1.807, 2.05) is 0 Å². The predicted molar refractivity (Wildman–Crippen MR) is 89.6 cm³/mol. The number of rotatable bonds is 8. The first-order chi connectivity index (χ1) is 10.6. The maximum absolute atomic E-state index is 13.0. The summed E-state index contributed by atoms with van der Waals surface area (Å²) < 4.78 is 18.5. The summed E-state index contributed by atoms with van der Waals surface area (Å²) in [6.45, 7) is 5.87. The maximum Gasteiger partial charge on any atom is 0.191 e. The Morgan fingerprint density at radius 2 is 1.73 bits per heavy atom. The largest absolute Gasteiger partial charge is 0.375 e. The van der Waals surface area contributed by atoms with Crippen LogP contribution in [0.4, 0.5) is 4.39 Å². The molecule has 0 spiro atoms. The minimum absolute atomic E-state index is 0.146. The third kappa shape index (κ3) is 6.02. The molecule has 1 rings (SSSR count). The molecule has 0 radical (unpaired) electrons. The topological polar surface area (TPSA) is 45.7 Å². The molecule has 22 heavy (non-hydrogen) atoms. The maximum atomic E-state index is 13.0. The second-order valence-electron chi connectivity index (χ2n) is 5.29. The van der Waals surface area contributed by atoms with Gasteiger partial charge < -0.3 is 15.4 Å². The fraction of sp³-hybridized carbons (Fsp3) is 0.588. The molecule has 0 aromatic heterocycles. The highest BCUT2D eigenvalue weighted by molar-refractivity contribution is 5.79. The number of benzene rings is 1. The van der Waals surface area contributed by atoms with Crippen LogP contribution in [-0.4, -0.2) is 33.2 Å². The summed E-state index contributed by atoms with van der Waals surface area (Å²) in [5.41, 5.74) is 0.937. The van der Waals surface area contributed by atoms with Crippen LogP contribution in [0.15, 0.2) is 29.3 Å². The van der Waals surface area contributed by atoms with E-state index >= 15 is 0 Å². The molecule has 124 valence electrons. The first kappa shape index (κ1) is 18.4. The molecule has 0 aliphatic rings. The van der Waals surface area contributed by atoms with Gasteiger partial charge in [-0.05, 0) is 23.6 Å². The van der Waals surface area contributed by atoms with E-state index in [0.29, 0.717) is 12.5 Å². The van der Waals surface area contributed by atoms with E-state index in [1.165, 1.54) is 12.1 Å². The first-order valence-corrected chi connectivity index (χ1v) is 7.87. The molecule has 2 N–H and O–H groups in total. The number of methoxy groups -OCH3 is 1. The Bertz CT molecular complexity index is 444. The monoisotopic (exact) mass is 309 g/mol. The minimum atomic E-state index is -0.241. The second kappa shape index (κ2) is 10.2. The first-order valence-electron chi connectivity index (χ1n) is 7.87. The van der Waals surface area contributed by atoms with Crippen molar-refractivity contribution < 1.29 is 9.13 Å². The molecule has 0 saturated heterocycles. The van der Waals surface area contributed by atoms with Crippen molar-refractivity contribution in [3.63, 3.8) is 0 Å². The lowest BCUT2D eigenvalue weighted by Crippen LogP contribution is -2.41. The third-order valence-electron chi connectivity index (χ3n) is 3.92. The summed E-state index contributed by atoms with van der Waals surface area (Å²) in [4.78, 5) is 4.22. The zero-order valence-electron chi connectivity index (χ0n) is 14.0. The number of halogens is 1. The van der Waals surface area contributed by atoms with Crippen molar-refractivity contribution in [2.45, 2.75) is 32.8 Å². The number of aliphatic imine (C=N–C) groups is 1. The number of nitrogens with zero attached hydrogens (tertiary/aromatic N) is 1. The normalized spacial score (nSPS) is 13.3. The molecule has 0 aliphatic heterocycles. The van der Waals surface area contributed by atoms with Crippen molar-refractivity contribution in [2.75, 3.05) is 27.2 Å². The number of hydrogen-bond acceptors (Lipinski definition) is 2. The van der Waals surface area contributed by atoms with Gasteiger partial charge in [0.15, 0.2) is 5.96 Å². The lowest BCUT2D eigenvalue weighted by atomic mass is 10.0. The minimum Gasteiger partial charge on any atom is -0.375 e. The molecule has 1 aromatic carbocycles. The molecular weight excluding hydrogens is 281 g/mol. The molecule has 0 bridgehead atoms. The SMILES string of the molecule is CCC(CC)CNC(=NC)NCC(OC)c1ccc(F)cc1. The van der Waals surface area contributed by atoms with Gasteiger partial charge in [0, 0.05) is 27.2 Å². The molecule has 0 amide bonds. The third-order valence-corrected chi connectivity index (χ3v) is 3.92. The number of nitrogens with one attached hydrogen (secondary N) is 2. The highest BCUT2D eigenvalue weighted by Gasteiger charge is 2.12. The van der Waals surface area contributed by atoms with Gasteiger partial charge in [-0.25, -0.2) is 4.39 Å². The summed E-state index contributed by atoms with van der Waals surface area (Å²) in [6, 6.07) is 6.38. The fourth-order valence-electron chi connectivity index (χ4n) is 2.24. The van der Waals surface area contributed by atoms with Gasteiger partial charge in [0.25, 0.3) is 0 Å². The van der Waals surface area contributed by atoms with Crippen LogP contribution in [0, 0.1) is 11.7 Å². The van der Waals surface area contributed by atoms with E-state index in [1.54, 1.807) is 26.3 Å². The Labute approximate surface area is 133 Å². The van der Waals surface area contributed by atoms with Gasteiger partial charge in [0.1, 0.15) is 5.82 Å². The average Bonchev–Trinajstić information content (AvgIpc) is 2.55. The average molecular weight is 309 g/mol. The number of hydrogen-bond donors (Lipinski definition) is 2. The Kier molecular flexibility index (Phi) is 8.51. The summed E-state index contributed by atoms with van der Waals surface area (Å²) in [5.74, 6) is 1.17. The summed E-state index contributed by atoms with van der Waals surface area (Å²) in [5, 5.41) is 6.59. The Balaban J connectivity index is 2.51. The summed E-state index contributed by atoms with van der Waals surface area (Å²) in [6.07, 6.45) is 2.15. The molecule has 4 nitrogen and oxygen atoms in total. The second-order valence-corrected chi connectivity index (χ2v) is 5.29. The van der Waals surface area contributed by atoms with Crippen molar-refractivity contribution in [3.8, 4) is 0 Å². The highest BCUT2D eigenvalue weighted by atomic mass is 19.1. The Morgan fingerprint density at radius 3 is 2.23 bits per heavy atom. The van der Waals surface area contributed by atoms with Crippen molar-refractivity contribution >= 4 is 5.96 Å². The number of guanidine groups is 1. The van der Waals surface area contributed by atoms with Crippen LogP contribution < -0.4 is 10.6 Å². The molecular formula is C17H28FN3O. The zero-order chi connectivity index (χ0) is 16.4. The van der Waals surface area contributed by atoms with Crippen molar-refractivity contribution in [1.29, 1.82) is 0 Å². The smallest absolute Gasteiger partial charge is 0.191 e. The van der Waals surface area contributed by atoms with Gasteiger partial charge >= 0.3 is 0 Å². The fourth-order valence-corrected chi connectivity index (χ4v) is 2.24. The van der Waals surface area contributed by atoms with Crippen molar-refractivity contribution in [3.05, 3.63) is 35.6 Å². The van der Waals surface area contributed by atoms with Gasteiger partial charge in [-0.2, -0.15) is 0 Å². The van der Waals surface area contributed by atoms with E-state index in [4.69, 9.17) is 4.74 Å². The molecule has 0 heterocycles. The van der Waals surface area contributed by atoms with Gasteiger partial charge in [-0.15, -0.1) is 0 Å². The van der Waals surface area contributed by atoms with E-state index in [2.05, 4.69) is 29.5 Å². The highest BCUT2D eigenvalue weighted by Crippen LogP contribution is 2.16. The summed E-state index contributed by atoms with van der Waals surface area (Å²) >= 11 is 0. The predicted octanol–water partition coefficient (Wildman–Crippen LogP) is 3.11. The molecule has 1 aromatic rings. The molecule has 1 atom stereocenters. The number of ether oxygens (including phenoxy) is 1.